The predicted molar refractivity (Wildman–Crippen MR) is 76.0 cm³/mol. The highest BCUT2D eigenvalue weighted by Gasteiger charge is 2.26. The van der Waals surface area contributed by atoms with Gasteiger partial charge in [-0.15, -0.1) is 0 Å². The van der Waals surface area contributed by atoms with Crippen LogP contribution in [0.5, 0.6) is 0 Å². The van der Waals surface area contributed by atoms with Crippen LogP contribution < -0.4 is 5.32 Å². The van der Waals surface area contributed by atoms with Gasteiger partial charge in [-0.25, -0.2) is 0 Å². The maximum absolute atomic E-state index is 12.2. The van der Waals surface area contributed by atoms with E-state index in [2.05, 4.69) is 24.1 Å². The molecule has 2 atom stereocenters. The van der Waals surface area contributed by atoms with Gasteiger partial charge in [0.25, 0.3) is 0 Å². The third kappa shape index (κ3) is 4.46. The molecule has 19 heavy (non-hydrogen) atoms. The van der Waals surface area contributed by atoms with Gasteiger partial charge in [0, 0.05) is 12.6 Å². The summed E-state index contributed by atoms with van der Waals surface area (Å²) < 4.78 is 5.82. The molecule has 0 saturated carbocycles. The van der Waals surface area contributed by atoms with Crippen molar-refractivity contribution in [2.45, 2.75) is 58.1 Å². The summed E-state index contributed by atoms with van der Waals surface area (Å²) in [4.78, 5) is 14.3. The zero-order valence-corrected chi connectivity index (χ0v) is 12.4. The zero-order chi connectivity index (χ0) is 13.7. The van der Waals surface area contributed by atoms with Crippen LogP contribution in [0, 0.1) is 5.92 Å². The van der Waals surface area contributed by atoms with Crippen molar-refractivity contribution >= 4 is 5.91 Å². The standard InChI is InChI=1S/C15H28N2O2/c1-12-3-4-13(2)17(11-12)15(18)7-10-19-14-5-8-16-9-6-14/h12-14,16H,3-11H2,1-2H3. The van der Waals surface area contributed by atoms with E-state index in [1.807, 2.05) is 0 Å². The Morgan fingerprint density at radius 1 is 1.21 bits per heavy atom. The van der Waals surface area contributed by atoms with E-state index < -0.39 is 0 Å². The topological polar surface area (TPSA) is 41.6 Å². The summed E-state index contributed by atoms with van der Waals surface area (Å²) in [7, 11) is 0. The van der Waals surface area contributed by atoms with Crippen LogP contribution in [0.3, 0.4) is 0 Å². The minimum absolute atomic E-state index is 0.271. The second kappa shape index (κ2) is 7.25. The quantitative estimate of drug-likeness (QED) is 0.845. The summed E-state index contributed by atoms with van der Waals surface area (Å²) in [6, 6.07) is 0.405. The molecule has 0 aromatic carbocycles. The molecule has 0 radical (unpaired) electrons. The second-order valence-corrected chi connectivity index (χ2v) is 6.15. The number of ether oxygens (including phenoxy) is 1. The average molecular weight is 268 g/mol. The Labute approximate surface area is 116 Å². The summed E-state index contributed by atoms with van der Waals surface area (Å²) in [6.45, 7) is 7.99. The summed E-state index contributed by atoms with van der Waals surface area (Å²) >= 11 is 0. The van der Waals surface area contributed by atoms with Crippen molar-refractivity contribution < 1.29 is 9.53 Å². The van der Waals surface area contributed by atoms with Gasteiger partial charge in [0.1, 0.15) is 0 Å². The van der Waals surface area contributed by atoms with Gasteiger partial charge < -0.3 is 15.0 Å². The Morgan fingerprint density at radius 2 is 1.95 bits per heavy atom. The lowest BCUT2D eigenvalue weighted by Gasteiger charge is -2.37. The normalized spacial score (nSPS) is 29.5. The molecule has 2 heterocycles. The first-order valence-electron chi connectivity index (χ1n) is 7.78. The van der Waals surface area contributed by atoms with E-state index in [0.717, 1.165) is 38.9 Å². The van der Waals surface area contributed by atoms with Crippen LogP contribution in [-0.4, -0.2) is 49.2 Å². The van der Waals surface area contributed by atoms with Gasteiger partial charge in [-0.3, -0.25) is 4.79 Å². The Kier molecular flexibility index (Phi) is 5.64. The smallest absolute Gasteiger partial charge is 0.225 e. The van der Waals surface area contributed by atoms with Gasteiger partial charge in [0.2, 0.25) is 5.91 Å². The lowest BCUT2D eigenvalue weighted by molar-refractivity contribution is -0.137. The number of rotatable bonds is 4. The maximum atomic E-state index is 12.2. The monoisotopic (exact) mass is 268 g/mol. The first-order chi connectivity index (χ1) is 9.16. The summed E-state index contributed by atoms with van der Waals surface area (Å²) in [6.07, 6.45) is 5.43. The van der Waals surface area contributed by atoms with E-state index in [1.54, 1.807) is 0 Å². The van der Waals surface area contributed by atoms with Crippen LogP contribution in [0.4, 0.5) is 0 Å². The minimum Gasteiger partial charge on any atom is -0.378 e. The Balaban J connectivity index is 1.68. The summed E-state index contributed by atoms with van der Waals surface area (Å²) in [5.41, 5.74) is 0. The van der Waals surface area contributed by atoms with Crippen molar-refractivity contribution in [2.75, 3.05) is 26.2 Å². The number of amides is 1. The van der Waals surface area contributed by atoms with Crippen LogP contribution in [-0.2, 0) is 9.53 Å². The molecule has 0 spiro atoms. The maximum Gasteiger partial charge on any atom is 0.225 e. The van der Waals surface area contributed by atoms with E-state index in [4.69, 9.17) is 4.74 Å². The van der Waals surface area contributed by atoms with Crippen LogP contribution >= 0.6 is 0 Å². The first kappa shape index (κ1) is 14.8. The third-order valence-corrected chi connectivity index (χ3v) is 4.39. The Bertz CT molecular complexity index is 290. The number of piperidine rings is 2. The molecule has 0 aromatic rings. The molecule has 110 valence electrons. The fraction of sp³-hybridized carbons (Fsp3) is 0.933. The van der Waals surface area contributed by atoms with Crippen molar-refractivity contribution in [1.29, 1.82) is 0 Å². The van der Waals surface area contributed by atoms with Crippen molar-refractivity contribution in [1.82, 2.24) is 10.2 Å². The van der Waals surface area contributed by atoms with Gasteiger partial charge in [-0.2, -0.15) is 0 Å². The molecule has 1 amide bonds. The molecule has 4 heteroatoms. The molecular weight excluding hydrogens is 240 g/mol. The van der Waals surface area contributed by atoms with E-state index in [9.17, 15) is 4.79 Å². The molecule has 2 saturated heterocycles. The van der Waals surface area contributed by atoms with E-state index >= 15 is 0 Å². The van der Waals surface area contributed by atoms with Crippen LogP contribution in [0.1, 0.15) is 46.0 Å². The lowest BCUT2D eigenvalue weighted by atomic mass is 9.95. The van der Waals surface area contributed by atoms with Gasteiger partial charge in [0.15, 0.2) is 0 Å². The molecule has 0 aromatic heterocycles. The van der Waals surface area contributed by atoms with Crippen molar-refractivity contribution in [3.8, 4) is 0 Å². The molecule has 2 fully saturated rings. The minimum atomic E-state index is 0.271. The number of nitrogens with one attached hydrogen (secondary N) is 1. The third-order valence-electron chi connectivity index (χ3n) is 4.39. The van der Waals surface area contributed by atoms with Gasteiger partial charge in [-0.05, 0) is 51.6 Å². The number of likely N-dealkylation sites (tertiary alicyclic amines) is 1. The van der Waals surface area contributed by atoms with Gasteiger partial charge in [-0.1, -0.05) is 6.92 Å². The van der Waals surface area contributed by atoms with E-state index in [0.29, 0.717) is 31.1 Å². The molecule has 2 rings (SSSR count). The predicted octanol–water partition coefficient (Wildman–Crippen LogP) is 1.79. The number of carbonyl (C=O) groups excluding carboxylic acids is 1. The number of nitrogens with zero attached hydrogens (tertiary/aromatic N) is 1. The van der Waals surface area contributed by atoms with Gasteiger partial charge in [0.05, 0.1) is 19.1 Å². The Hall–Kier alpha value is -0.610. The Morgan fingerprint density at radius 3 is 2.68 bits per heavy atom. The molecule has 2 aliphatic heterocycles. The van der Waals surface area contributed by atoms with Crippen LogP contribution in [0.15, 0.2) is 0 Å². The number of carbonyl (C=O) groups is 1. The SMILES string of the molecule is CC1CCC(C)N(C(=O)CCOC2CCNCC2)C1. The molecule has 4 nitrogen and oxygen atoms in total. The lowest BCUT2D eigenvalue weighted by Crippen LogP contribution is -2.45. The van der Waals surface area contributed by atoms with Crippen LogP contribution in [0.25, 0.3) is 0 Å². The zero-order valence-electron chi connectivity index (χ0n) is 12.4. The molecule has 0 aliphatic carbocycles. The highest BCUT2D eigenvalue weighted by atomic mass is 16.5. The number of hydrogen-bond acceptors (Lipinski definition) is 3. The highest BCUT2D eigenvalue weighted by Crippen LogP contribution is 2.22. The molecule has 2 unspecified atom stereocenters. The van der Waals surface area contributed by atoms with Gasteiger partial charge >= 0.3 is 0 Å². The molecule has 0 bridgehead atoms. The fourth-order valence-corrected chi connectivity index (χ4v) is 3.05. The molecule has 1 N–H and O–H groups in total. The summed E-state index contributed by atoms with van der Waals surface area (Å²) in [5, 5.41) is 3.32. The van der Waals surface area contributed by atoms with E-state index in [-0.39, 0.29) is 5.91 Å². The average Bonchev–Trinajstić information content (AvgIpc) is 2.42. The largest absolute Gasteiger partial charge is 0.378 e. The number of hydrogen-bond donors (Lipinski definition) is 1. The fourth-order valence-electron chi connectivity index (χ4n) is 3.05. The molecular formula is C15H28N2O2. The first-order valence-corrected chi connectivity index (χ1v) is 7.78. The van der Waals surface area contributed by atoms with Crippen LogP contribution in [0.2, 0.25) is 0 Å². The second-order valence-electron chi connectivity index (χ2n) is 6.15. The van der Waals surface area contributed by atoms with E-state index in [1.165, 1.54) is 6.42 Å². The molecule has 2 aliphatic rings. The summed E-state index contributed by atoms with van der Waals surface area (Å²) in [5.74, 6) is 0.915. The van der Waals surface area contributed by atoms with Crippen molar-refractivity contribution in [3.05, 3.63) is 0 Å². The van der Waals surface area contributed by atoms with Crippen molar-refractivity contribution in [2.24, 2.45) is 5.92 Å². The van der Waals surface area contributed by atoms with Crippen molar-refractivity contribution in [3.63, 3.8) is 0 Å². The highest BCUT2D eigenvalue weighted by molar-refractivity contribution is 5.76.